The second kappa shape index (κ2) is 3.22. The van der Waals surface area contributed by atoms with E-state index in [4.69, 9.17) is 8.74 Å². The van der Waals surface area contributed by atoms with Crippen LogP contribution < -0.4 is 4.18 Å². The fraction of sp³-hybridized carbons (Fsp3) is 0. The molecule has 0 atom stereocenters. The van der Waals surface area contributed by atoms with Gasteiger partial charge in [0, 0.05) is 10.8 Å². The first-order valence-electron chi connectivity index (χ1n) is 4.78. The lowest BCUT2D eigenvalue weighted by Crippen LogP contribution is -2.03. The number of benzene rings is 2. The standard InChI is InChI=1S/C10H6O6S2/c11-17(12,13)8-4-5-9-10-6(8)2-1-3-7(10)16-18(9,14)15/h1-5H,(H,11,12,13). The van der Waals surface area contributed by atoms with Crippen molar-refractivity contribution >= 4 is 31.0 Å². The predicted molar refractivity (Wildman–Crippen MR) is 61.6 cm³/mol. The van der Waals surface area contributed by atoms with Gasteiger partial charge in [-0.1, -0.05) is 12.1 Å². The Morgan fingerprint density at radius 1 is 1.11 bits per heavy atom. The van der Waals surface area contributed by atoms with Gasteiger partial charge in [0.15, 0.2) is 5.75 Å². The summed E-state index contributed by atoms with van der Waals surface area (Å²) in [7, 11) is -8.32. The monoisotopic (exact) mass is 286 g/mol. The maximum atomic E-state index is 11.7. The van der Waals surface area contributed by atoms with Crippen LogP contribution in [0.15, 0.2) is 40.1 Å². The van der Waals surface area contributed by atoms with Crippen LogP contribution in [-0.4, -0.2) is 21.4 Å². The van der Waals surface area contributed by atoms with E-state index in [2.05, 4.69) is 0 Å². The lowest BCUT2D eigenvalue weighted by Gasteiger charge is -2.02. The van der Waals surface area contributed by atoms with Crippen molar-refractivity contribution < 1.29 is 25.6 Å². The van der Waals surface area contributed by atoms with Crippen LogP contribution >= 0.6 is 0 Å². The molecule has 1 aliphatic rings. The van der Waals surface area contributed by atoms with Crippen molar-refractivity contribution in [3.05, 3.63) is 30.3 Å². The summed E-state index contributed by atoms with van der Waals surface area (Å²) in [6.07, 6.45) is 0. The summed E-state index contributed by atoms with van der Waals surface area (Å²) in [4.78, 5) is -0.440. The first-order valence-corrected chi connectivity index (χ1v) is 7.63. The van der Waals surface area contributed by atoms with Gasteiger partial charge in [0.05, 0.1) is 0 Å². The highest BCUT2D eigenvalue weighted by Gasteiger charge is 2.32. The van der Waals surface area contributed by atoms with Gasteiger partial charge in [-0.3, -0.25) is 4.55 Å². The van der Waals surface area contributed by atoms with Gasteiger partial charge in [-0.2, -0.15) is 16.8 Å². The van der Waals surface area contributed by atoms with Gasteiger partial charge >= 0.3 is 10.1 Å². The van der Waals surface area contributed by atoms with Gasteiger partial charge in [0.1, 0.15) is 9.79 Å². The Morgan fingerprint density at radius 3 is 2.50 bits per heavy atom. The zero-order valence-electron chi connectivity index (χ0n) is 8.69. The summed E-state index contributed by atoms with van der Waals surface area (Å²) in [6.45, 7) is 0. The summed E-state index contributed by atoms with van der Waals surface area (Å²) in [5.74, 6) is 0.0630. The van der Waals surface area contributed by atoms with Gasteiger partial charge in [0.25, 0.3) is 10.1 Å². The summed E-state index contributed by atoms with van der Waals surface area (Å²) >= 11 is 0. The Balaban J connectivity index is 2.59. The van der Waals surface area contributed by atoms with Crippen molar-refractivity contribution in [1.82, 2.24) is 0 Å². The fourth-order valence-corrected chi connectivity index (χ4v) is 3.83. The van der Waals surface area contributed by atoms with E-state index in [0.29, 0.717) is 0 Å². The largest absolute Gasteiger partial charge is 0.378 e. The highest BCUT2D eigenvalue weighted by atomic mass is 32.2. The van der Waals surface area contributed by atoms with Crippen molar-refractivity contribution in [2.45, 2.75) is 9.79 Å². The van der Waals surface area contributed by atoms with Crippen molar-refractivity contribution in [3.8, 4) is 5.75 Å². The van der Waals surface area contributed by atoms with E-state index in [0.717, 1.165) is 12.1 Å². The van der Waals surface area contributed by atoms with Crippen molar-refractivity contribution in [2.24, 2.45) is 0 Å². The predicted octanol–water partition coefficient (Wildman–Crippen LogP) is 1.17. The van der Waals surface area contributed by atoms with Crippen molar-refractivity contribution in [2.75, 3.05) is 0 Å². The molecule has 0 unspecified atom stereocenters. The Morgan fingerprint density at radius 2 is 1.83 bits per heavy atom. The Labute approximate surface area is 103 Å². The molecule has 2 aromatic carbocycles. The number of hydrogen-bond acceptors (Lipinski definition) is 5. The quantitative estimate of drug-likeness (QED) is 0.624. The van der Waals surface area contributed by atoms with Crippen molar-refractivity contribution in [3.63, 3.8) is 0 Å². The van der Waals surface area contributed by atoms with E-state index in [1.165, 1.54) is 18.2 Å². The number of rotatable bonds is 1. The molecule has 0 radical (unpaired) electrons. The smallest absolute Gasteiger partial charge is 0.340 e. The molecular weight excluding hydrogens is 280 g/mol. The van der Waals surface area contributed by atoms with Crippen molar-refractivity contribution in [1.29, 1.82) is 0 Å². The molecule has 6 nitrogen and oxygen atoms in total. The first kappa shape index (κ1) is 11.5. The Hall–Kier alpha value is -1.64. The average molecular weight is 286 g/mol. The molecule has 0 aliphatic carbocycles. The summed E-state index contributed by atoms with van der Waals surface area (Å²) < 4.78 is 59.6. The van der Waals surface area contributed by atoms with Crippen LogP contribution in [0.3, 0.4) is 0 Å². The maximum Gasteiger partial charge on any atom is 0.340 e. The summed E-state index contributed by atoms with van der Waals surface area (Å²) in [5, 5.41) is 0.293. The van der Waals surface area contributed by atoms with Gasteiger partial charge in [-0.05, 0) is 18.2 Å². The second-order valence-electron chi connectivity index (χ2n) is 3.75. The van der Waals surface area contributed by atoms with E-state index >= 15 is 0 Å². The molecule has 0 aromatic heterocycles. The first-order chi connectivity index (χ1) is 8.31. The van der Waals surface area contributed by atoms with Gasteiger partial charge in [0.2, 0.25) is 0 Å². The average Bonchev–Trinajstić information content (AvgIpc) is 2.51. The third kappa shape index (κ3) is 1.43. The molecule has 2 aromatic rings. The molecule has 0 amide bonds. The molecular formula is C10H6O6S2. The van der Waals surface area contributed by atoms with Crippen LogP contribution in [-0.2, 0) is 20.2 Å². The van der Waals surface area contributed by atoms with Crippen LogP contribution in [0.25, 0.3) is 10.8 Å². The molecule has 0 saturated heterocycles. The molecule has 0 saturated carbocycles. The molecule has 1 heterocycles. The molecule has 8 heteroatoms. The maximum absolute atomic E-state index is 11.7. The molecule has 0 spiro atoms. The third-order valence-corrected chi connectivity index (χ3v) is 4.86. The zero-order chi connectivity index (χ0) is 13.1. The van der Waals surface area contributed by atoms with E-state index < -0.39 is 20.2 Å². The third-order valence-electron chi connectivity index (χ3n) is 2.67. The number of hydrogen-bond donors (Lipinski definition) is 1. The Kier molecular flexibility index (Phi) is 2.05. The molecule has 3 rings (SSSR count). The zero-order valence-corrected chi connectivity index (χ0v) is 10.3. The van der Waals surface area contributed by atoms with E-state index in [9.17, 15) is 16.8 Å². The molecule has 94 valence electrons. The van der Waals surface area contributed by atoms with Crippen LogP contribution in [0.5, 0.6) is 5.75 Å². The van der Waals surface area contributed by atoms with Crippen LogP contribution in [0, 0.1) is 0 Å². The van der Waals surface area contributed by atoms with Crippen LogP contribution in [0.4, 0.5) is 0 Å². The van der Waals surface area contributed by atoms with Gasteiger partial charge < -0.3 is 4.18 Å². The Bertz CT molecular complexity index is 880. The van der Waals surface area contributed by atoms with Gasteiger partial charge in [-0.25, -0.2) is 0 Å². The molecule has 1 aliphatic heterocycles. The molecule has 18 heavy (non-hydrogen) atoms. The summed E-state index contributed by atoms with van der Waals surface area (Å²) in [6, 6.07) is 6.44. The normalized spacial score (nSPS) is 16.7. The molecule has 1 N–H and O–H groups in total. The van der Waals surface area contributed by atoms with E-state index in [1.54, 1.807) is 0 Å². The van der Waals surface area contributed by atoms with E-state index in [1.807, 2.05) is 0 Å². The molecule has 0 fully saturated rings. The SMILES string of the molecule is O=S(=O)(O)c1ccc2c3c(cccc13)OS2(=O)=O. The van der Waals surface area contributed by atoms with E-state index in [-0.39, 0.29) is 26.3 Å². The van der Waals surface area contributed by atoms with Crippen LogP contribution in [0.2, 0.25) is 0 Å². The topological polar surface area (TPSA) is 97.7 Å². The lowest BCUT2D eigenvalue weighted by molar-refractivity contribution is 0.484. The summed E-state index contributed by atoms with van der Waals surface area (Å²) in [5.41, 5.74) is 0. The fourth-order valence-electron chi connectivity index (χ4n) is 1.98. The highest BCUT2D eigenvalue weighted by molar-refractivity contribution is 7.88. The second-order valence-corrected chi connectivity index (χ2v) is 6.66. The molecule has 0 bridgehead atoms. The minimum Gasteiger partial charge on any atom is -0.378 e. The van der Waals surface area contributed by atoms with Crippen LogP contribution in [0.1, 0.15) is 0 Å². The van der Waals surface area contributed by atoms with Gasteiger partial charge in [-0.15, -0.1) is 0 Å². The minimum absolute atomic E-state index is 0.0630. The lowest BCUT2D eigenvalue weighted by atomic mass is 10.1. The minimum atomic E-state index is -4.42. The highest BCUT2D eigenvalue weighted by Crippen LogP contribution is 2.41.